The highest BCUT2D eigenvalue weighted by atomic mass is 15.2. The summed E-state index contributed by atoms with van der Waals surface area (Å²) >= 11 is 0. The van der Waals surface area contributed by atoms with Gasteiger partial charge in [-0.1, -0.05) is 33.1 Å². The van der Waals surface area contributed by atoms with Crippen molar-refractivity contribution in [1.29, 1.82) is 0 Å². The Balaban J connectivity index is 2.30. The van der Waals surface area contributed by atoms with E-state index in [1.807, 2.05) is 0 Å². The molecule has 2 nitrogen and oxygen atoms in total. The minimum atomic E-state index is 0.635. The summed E-state index contributed by atoms with van der Waals surface area (Å²) in [5.41, 5.74) is 5.88. The second-order valence-corrected chi connectivity index (χ2v) is 4.92. The van der Waals surface area contributed by atoms with Crippen molar-refractivity contribution in [1.82, 2.24) is 4.90 Å². The lowest BCUT2D eigenvalue weighted by Gasteiger charge is -2.36. The molecule has 0 heterocycles. The van der Waals surface area contributed by atoms with Crippen LogP contribution in [0.3, 0.4) is 0 Å². The van der Waals surface area contributed by atoms with Crippen LogP contribution in [0.5, 0.6) is 0 Å². The molecule has 1 aliphatic carbocycles. The van der Waals surface area contributed by atoms with Crippen molar-refractivity contribution in [2.24, 2.45) is 11.7 Å². The Morgan fingerprint density at radius 2 is 2.07 bits per heavy atom. The number of hydrogen-bond acceptors (Lipinski definition) is 2. The van der Waals surface area contributed by atoms with Gasteiger partial charge in [0.1, 0.15) is 0 Å². The zero-order valence-corrected chi connectivity index (χ0v) is 10.5. The number of nitrogens with zero attached hydrogens (tertiary/aromatic N) is 1. The van der Waals surface area contributed by atoms with Gasteiger partial charge < -0.3 is 5.73 Å². The minimum Gasteiger partial charge on any atom is -0.329 e. The predicted molar refractivity (Wildman–Crippen MR) is 67.0 cm³/mol. The first kappa shape index (κ1) is 13.0. The van der Waals surface area contributed by atoms with Gasteiger partial charge in [-0.15, -0.1) is 0 Å². The first-order valence-electron chi connectivity index (χ1n) is 6.75. The molecule has 0 spiro atoms. The molecular weight excluding hydrogens is 184 g/mol. The van der Waals surface area contributed by atoms with Crippen molar-refractivity contribution < 1.29 is 0 Å². The fraction of sp³-hybridized carbons (Fsp3) is 1.00. The van der Waals surface area contributed by atoms with Gasteiger partial charge in [-0.2, -0.15) is 0 Å². The first-order valence-corrected chi connectivity index (χ1v) is 6.75. The molecule has 1 fully saturated rings. The van der Waals surface area contributed by atoms with Gasteiger partial charge in [0.25, 0.3) is 0 Å². The molecule has 1 unspecified atom stereocenters. The molecule has 1 saturated carbocycles. The summed E-state index contributed by atoms with van der Waals surface area (Å²) in [6.45, 7) is 7.83. The quantitative estimate of drug-likeness (QED) is 0.670. The third-order valence-electron chi connectivity index (χ3n) is 3.80. The number of rotatable bonds is 8. The van der Waals surface area contributed by atoms with Crippen LogP contribution in [0.25, 0.3) is 0 Å². The minimum absolute atomic E-state index is 0.635. The average Bonchev–Trinajstić information content (AvgIpc) is 2.20. The Morgan fingerprint density at radius 3 is 2.47 bits per heavy atom. The lowest BCUT2D eigenvalue weighted by Crippen LogP contribution is -2.44. The molecule has 0 bridgehead atoms. The van der Waals surface area contributed by atoms with Crippen molar-refractivity contribution in [2.45, 2.75) is 58.4 Å². The second-order valence-electron chi connectivity index (χ2n) is 4.92. The maximum absolute atomic E-state index is 5.88. The van der Waals surface area contributed by atoms with Gasteiger partial charge >= 0.3 is 0 Å². The molecule has 1 atom stereocenters. The van der Waals surface area contributed by atoms with Crippen molar-refractivity contribution in [3.8, 4) is 0 Å². The lowest BCUT2D eigenvalue weighted by molar-refractivity contribution is 0.134. The number of nitrogens with two attached hydrogens (primary N) is 1. The van der Waals surface area contributed by atoms with Crippen LogP contribution in [0.15, 0.2) is 0 Å². The number of unbranched alkanes of at least 4 members (excludes halogenated alkanes) is 1. The Labute approximate surface area is 95.2 Å². The van der Waals surface area contributed by atoms with Gasteiger partial charge in [0.2, 0.25) is 0 Å². The molecule has 0 aromatic heterocycles. The van der Waals surface area contributed by atoms with E-state index in [9.17, 15) is 0 Å². The van der Waals surface area contributed by atoms with Gasteiger partial charge in [-0.05, 0) is 31.7 Å². The normalized spacial score (nSPS) is 19.2. The SMILES string of the molecule is CCCCC(CN)N(CC)CC1CCC1. The van der Waals surface area contributed by atoms with Crippen LogP contribution in [0, 0.1) is 5.92 Å². The smallest absolute Gasteiger partial charge is 0.0218 e. The van der Waals surface area contributed by atoms with Crippen LogP contribution in [-0.2, 0) is 0 Å². The van der Waals surface area contributed by atoms with Gasteiger partial charge in [-0.3, -0.25) is 4.90 Å². The zero-order chi connectivity index (χ0) is 11.1. The van der Waals surface area contributed by atoms with Crippen LogP contribution < -0.4 is 5.73 Å². The largest absolute Gasteiger partial charge is 0.329 e. The monoisotopic (exact) mass is 212 g/mol. The third-order valence-corrected chi connectivity index (χ3v) is 3.80. The second kappa shape index (κ2) is 7.24. The molecule has 0 saturated heterocycles. The summed E-state index contributed by atoms with van der Waals surface area (Å²) in [5.74, 6) is 0.973. The summed E-state index contributed by atoms with van der Waals surface area (Å²) in [6, 6.07) is 0.635. The van der Waals surface area contributed by atoms with E-state index in [0.29, 0.717) is 6.04 Å². The summed E-state index contributed by atoms with van der Waals surface area (Å²) in [4.78, 5) is 2.61. The van der Waals surface area contributed by atoms with Crippen molar-refractivity contribution in [3.63, 3.8) is 0 Å². The third kappa shape index (κ3) is 4.12. The molecule has 2 heteroatoms. The molecule has 1 aliphatic rings. The Kier molecular flexibility index (Phi) is 6.26. The molecule has 2 N–H and O–H groups in total. The summed E-state index contributed by atoms with van der Waals surface area (Å²) in [6.07, 6.45) is 8.24. The Bertz CT molecular complexity index is 155. The maximum atomic E-state index is 5.88. The Morgan fingerprint density at radius 1 is 1.33 bits per heavy atom. The average molecular weight is 212 g/mol. The topological polar surface area (TPSA) is 29.3 Å². The van der Waals surface area contributed by atoms with E-state index in [-0.39, 0.29) is 0 Å². The molecule has 15 heavy (non-hydrogen) atoms. The molecular formula is C13H28N2. The van der Waals surface area contributed by atoms with Crippen LogP contribution in [0.2, 0.25) is 0 Å². The van der Waals surface area contributed by atoms with Crippen LogP contribution in [0.1, 0.15) is 52.4 Å². The Hall–Kier alpha value is -0.0800. The van der Waals surface area contributed by atoms with Crippen molar-refractivity contribution >= 4 is 0 Å². The van der Waals surface area contributed by atoms with Crippen LogP contribution >= 0.6 is 0 Å². The van der Waals surface area contributed by atoms with Gasteiger partial charge in [0.05, 0.1) is 0 Å². The van der Waals surface area contributed by atoms with Crippen molar-refractivity contribution in [2.75, 3.05) is 19.6 Å². The highest BCUT2D eigenvalue weighted by Gasteiger charge is 2.23. The van der Waals surface area contributed by atoms with Gasteiger partial charge in [0, 0.05) is 19.1 Å². The molecule has 0 aromatic rings. The fourth-order valence-corrected chi connectivity index (χ4v) is 2.43. The summed E-state index contributed by atoms with van der Waals surface area (Å²) in [7, 11) is 0. The van der Waals surface area contributed by atoms with E-state index in [1.54, 1.807) is 0 Å². The molecule has 0 radical (unpaired) electrons. The van der Waals surface area contributed by atoms with Gasteiger partial charge in [0.15, 0.2) is 0 Å². The van der Waals surface area contributed by atoms with E-state index in [2.05, 4.69) is 18.7 Å². The van der Waals surface area contributed by atoms with E-state index in [4.69, 9.17) is 5.73 Å². The van der Waals surface area contributed by atoms with E-state index < -0.39 is 0 Å². The fourth-order valence-electron chi connectivity index (χ4n) is 2.43. The molecule has 0 aliphatic heterocycles. The lowest BCUT2D eigenvalue weighted by atomic mass is 9.84. The highest BCUT2D eigenvalue weighted by molar-refractivity contribution is 4.78. The maximum Gasteiger partial charge on any atom is 0.0218 e. The molecule has 0 amide bonds. The summed E-state index contributed by atoms with van der Waals surface area (Å²) in [5, 5.41) is 0. The first-order chi connectivity index (χ1) is 7.31. The predicted octanol–water partition coefficient (Wildman–Crippen LogP) is 2.63. The van der Waals surface area contributed by atoms with Crippen LogP contribution in [0.4, 0.5) is 0 Å². The number of likely N-dealkylation sites (N-methyl/N-ethyl adjacent to an activating group) is 1. The van der Waals surface area contributed by atoms with E-state index >= 15 is 0 Å². The van der Waals surface area contributed by atoms with Crippen molar-refractivity contribution in [3.05, 3.63) is 0 Å². The van der Waals surface area contributed by atoms with Crippen LogP contribution in [-0.4, -0.2) is 30.6 Å². The molecule has 90 valence electrons. The number of hydrogen-bond donors (Lipinski definition) is 1. The molecule has 1 rings (SSSR count). The van der Waals surface area contributed by atoms with Gasteiger partial charge in [-0.25, -0.2) is 0 Å². The highest BCUT2D eigenvalue weighted by Crippen LogP contribution is 2.27. The molecule has 0 aromatic carbocycles. The standard InChI is InChI=1S/C13H28N2/c1-3-5-9-13(10-14)15(4-2)11-12-7-6-8-12/h12-13H,3-11,14H2,1-2H3. The van der Waals surface area contributed by atoms with E-state index in [0.717, 1.165) is 12.5 Å². The summed E-state index contributed by atoms with van der Waals surface area (Å²) < 4.78 is 0. The van der Waals surface area contributed by atoms with E-state index in [1.165, 1.54) is 51.6 Å². The zero-order valence-electron chi connectivity index (χ0n) is 10.5.